The molecule has 4 heteroatoms. The zero-order valence-corrected chi connectivity index (χ0v) is 12.7. The quantitative estimate of drug-likeness (QED) is 0.858. The van der Waals surface area contributed by atoms with Crippen molar-refractivity contribution < 1.29 is 4.79 Å². The first kappa shape index (κ1) is 14.5. The molecule has 2 unspecified atom stereocenters. The summed E-state index contributed by atoms with van der Waals surface area (Å²) in [5.74, 6) is -0.0197. The van der Waals surface area contributed by atoms with Crippen LogP contribution >= 0.6 is 0 Å². The summed E-state index contributed by atoms with van der Waals surface area (Å²) >= 11 is 0. The lowest BCUT2D eigenvalue weighted by molar-refractivity contribution is -0.123. The van der Waals surface area contributed by atoms with Gasteiger partial charge in [-0.15, -0.1) is 0 Å². The highest BCUT2D eigenvalue weighted by atomic mass is 16.2. The van der Waals surface area contributed by atoms with E-state index in [0.717, 1.165) is 24.6 Å². The van der Waals surface area contributed by atoms with Gasteiger partial charge in [-0.2, -0.15) is 0 Å². The first-order valence-electron chi connectivity index (χ1n) is 7.99. The molecule has 3 N–H and O–H groups in total. The van der Waals surface area contributed by atoms with E-state index in [-0.39, 0.29) is 11.9 Å². The van der Waals surface area contributed by atoms with Gasteiger partial charge in [-0.1, -0.05) is 30.3 Å². The zero-order chi connectivity index (χ0) is 14.8. The van der Waals surface area contributed by atoms with Crippen LogP contribution in [0.3, 0.4) is 0 Å². The molecule has 1 aliphatic heterocycles. The molecule has 1 heterocycles. The minimum Gasteiger partial charge on any atom is -0.351 e. The maximum Gasteiger partial charge on any atom is 0.237 e. The molecule has 4 nitrogen and oxygen atoms in total. The Kier molecular flexibility index (Phi) is 4.27. The fraction of sp³-hybridized carbons (Fsp3) is 0.588. The first-order chi connectivity index (χ1) is 10.1. The van der Waals surface area contributed by atoms with E-state index in [1.54, 1.807) is 0 Å². The number of carbonyl (C=O) groups excluding carboxylic acids is 1. The van der Waals surface area contributed by atoms with Crippen molar-refractivity contribution in [2.24, 2.45) is 5.73 Å². The summed E-state index contributed by atoms with van der Waals surface area (Å²) in [6.07, 6.45) is 4.28. The molecule has 0 bridgehead atoms. The number of nitrogens with zero attached hydrogens (tertiary/aromatic N) is 1. The molecule has 2 fully saturated rings. The minimum absolute atomic E-state index is 0.0197. The molecular weight excluding hydrogens is 262 g/mol. The highest BCUT2D eigenvalue weighted by molar-refractivity contribution is 5.82. The number of nitrogens with two attached hydrogens (primary N) is 1. The van der Waals surface area contributed by atoms with Crippen molar-refractivity contribution in [3.8, 4) is 0 Å². The lowest BCUT2D eigenvalue weighted by atomic mass is 10.1. The van der Waals surface area contributed by atoms with E-state index in [2.05, 4.69) is 17.1 Å². The third kappa shape index (κ3) is 3.63. The van der Waals surface area contributed by atoms with E-state index < -0.39 is 6.04 Å². The predicted octanol–water partition coefficient (Wildman–Crippen LogP) is 1.30. The zero-order valence-electron chi connectivity index (χ0n) is 12.7. The summed E-state index contributed by atoms with van der Waals surface area (Å²) in [4.78, 5) is 14.8. The molecule has 0 radical (unpaired) electrons. The van der Waals surface area contributed by atoms with Gasteiger partial charge in [0.1, 0.15) is 0 Å². The molecule has 2 aliphatic rings. The summed E-state index contributed by atoms with van der Waals surface area (Å²) in [5.41, 5.74) is 7.15. The van der Waals surface area contributed by atoms with Crippen LogP contribution in [0, 0.1) is 0 Å². The van der Waals surface area contributed by atoms with E-state index in [1.807, 2.05) is 30.3 Å². The number of carbonyl (C=O) groups is 1. The maximum absolute atomic E-state index is 12.2. The van der Waals surface area contributed by atoms with Crippen LogP contribution in [-0.2, 0) is 11.2 Å². The summed E-state index contributed by atoms with van der Waals surface area (Å²) in [6.45, 7) is 3.24. The van der Waals surface area contributed by atoms with Crippen LogP contribution in [-0.4, -0.2) is 41.5 Å². The average Bonchev–Trinajstić information content (AvgIpc) is 3.24. The van der Waals surface area contributed by atoms with Gasteiger partial charge in [-0.05, 0) is 38.2 Å². The van der Waals surface area contributed by atoms with Crippen molar-refractivity contribution in [3.05, 3.63) is 35.9 Å². The Morgan fingerprint density at radius 3 is 2.76 bits per heavy atom. The van der Waals surface area contributed by atoms with E-state index in [1.165, 1.54) is 12.8 Å². The van der Waals surface area contributed by atoms with Crippen molar-refractivity contribution in [1.82, 2.24) is 10.2 Å². The number of nitrogens with one attached hydrogen (secondary N) is 1. The second-order valence-electron chi connectivity index (χ2n) is 6.51. The highest BCUT2D eigenvalue weighted by Crippen LogP contribution is 2.33. The van der Waals surface area contributed by atoms with E-state index in [0.29, 0.717) is 12.5 Å². The number of benzene rings is 1. The van der Waals surface area contributed by atoms with Crippen molar-refractivity contribution in [2.45, 2.75) is 56.8 Å². The van der Waals surface area contributed by atoms with Crippen molar-refractivity contribution in [1.29, 1.82) is 0 Å². The number of hydrogen-bond donors (Lipinski definition) is 2. The van der Waals surface area contributed by atoms with Crippen molar-refractivity contribution in [2.75, 3.05) is 6.54 Å². The van der Waals surface area contributed by atoms with Gasteiger partial charge in [-0.3, -0.25) is 9.69 Å². The largest absolute Gasteiger partial charge is 0.351 e. The summed E-state index contributed by atoms with van der Waals surface area (Å²) in [6, 6.07) is 11.1. The fourth-order valence-corrected chi connectivity index (χ4v) is 3.34. The second kappa shape index (κ2) is 6.16. The minimum atomic E-state index is -0.460. The number of likely N-dealkylation sites (tertiary alicyclic amines) is 1. The number of rotatable bonds is 5. The van der Waals surface area contributed by atoms with Gasteiger partial charge in [-0.25, -0.2) is 0 Å². The molecule has 0 spiro atoms. The van der Waals surface area contributed by atoms with Gasteiger partial charge in [0.15, 0.2) is 0 Å². The van der Waals surface area contributed by atoms with Gasteiger partial charge in [0, 0.05) is 24.7 Å². The Morgan fingerprint density at radius 2 is 2.10 bits per heavy atom. The molecule has 3 rings (SSSR count). The van der Waals surface area contributed by atoms with Crippen molar-refractivity contribution in [3.63, 3.8) is 0 Å². The van der Waals surface area contributed by atoms with Crippen LogP contribution in [0.15, 0.2) is 30.3 Å². The molecule has 1 amide bonds. The standard InChI is InChI=1S/C17H25N3O/c1-12-9-14(11-20(12)15-7-8-15)19-17(21)16(18)10-13-5-3-2-4-6-13/h2-6,12,14-16H,7-11,18H2,1H3,(H,19,21)/t12?,14?,16-/m0/s1. The summed E-state index contributed by atoms with van der Waals surface area (Å²) in [7, 11) is 0. The van der Waals surface area contributed by atoms with Crippen LogP contribution in [0.5, 0.6) is 0 Å². The van der Waals surface area contributed by atoms with E-state index >= 15 is 0 Å². The van der Waals surface area contributed by atoms with Crippen LogP contribution in [0.1, 0.15) is 31.7 Å². The molecule has 114 valence electrons. The van der Waals surface area contributed by atoms with Gasteiger partial charge in [0.05, 0.1) is 6.04 Å². The predicted molar refractivity (Wildman–Crippen MR) is 83.9 cm³/mol. The van der Waals surface area contributed by atoms with Crippen LogP contribution in [0.4, 0.5) is 0 Å². The summed E-state index contributed by atoms with van der Waals surface area (Å²) < 4.78 is 0. The van der Waals surface area contributed by atoms with Crippen molar-refractivity contribution >= 4 is 5.91 Å². The van der Waals surface area contributed by atoms with Gasteiger partial charge < -0.3 is 11.1 Å². The smallest absolute Gasteiger partial charge is 0.237 e. The van der Waals surface area contributed by atoms with E-state index in [4.69, 9.17) is 5.73 Å². The molecule has 0 aromatic heterocycles. The molecule has 1 saturated carbocycles. The third-order valence-corrected chi connectivity index (χ3v) is 4.62. The normalized spacial score (nSPS) is 27.5. The Labute approximate surface area is 126 Å². The first-order valence-corrected chi connectivity index (χ1v) is 7.99. The third-order valence-electron chi connectivity index (χ3n) is 4.62. The molecule has 1 aliphatic carbocycles. The Morgan fingerprint density at radius 1 is 1.38 bits per heavy atom. The van der Waals surface area contributed by atoms with Gasteiger partial charge in [0.2, 0.25) is 5.91 Å². The average molecular weight is 287 g/mol. The Balaban J connectivity index is 1.49. The van der Waals surface area contributed by atoms with Gasteiger partial charge >= 0.3 is 0 Å². The SMILES string of the molecule is CC1CC(NC(=O)[C@@H](N)Cc2ccccc2)CN1C1CC1. The summed E-state index contributed by atoms with van der Waals surface area (Å²) in [5, 5.41) is 3.14. The topological polar surface area (TPSA) is 58.4 Å². The van der Waals surface area contributed by atoms with Gasteiger partial charge in [0.25, 0.3) is 0 Å². The number of hydrogen-bond acceptors (Lipinski definition) is 3. The number of amides is 1. The molecule has 1 saturated heterocycles. The molecule has 1 aromatic carbocycles. The molecular formula is C17H25N3O. The van der Waals surface area contributed by atoms with Crippen LogP contribution in [0.2, 0.25) is 0 Å². The lowest BCUT2D eigenvalue weighted by Gasteiger charge is -2.20. The monoisotopic (exact) mass is 287 g/mol. The lowest BCUT2D eigenvalue weighted by Crippen LogP contribution is -2.47. The Bertz CT molecular complexity index is 486. The fourth-order valence-electron chi connectivity index (χ4n) is 3.34. The molecule has 1 aromatic rings. The molecule has 21 heavy (non-hydrogen) atoms. The second-order valence-corrected chi connectivity index (χ2v) is 6.51. The van der Waals surface area contributed by atoms with E-state index in [9.17, 15) is 4.79 Å². The van der Waals surface area contributed by atoms with Crippen LogP contribution in [0.25, 0.3) is 0 Å². The maximum atomic E-state index is 12.2. The molecule has 3 atom stereocenters. The Hall–Kier alpha value is -1.39. The highest BCUT2D eigenvalue weighted by Gasteiger charge is 2.39. The van der Waals surface area contributed by atoms with Crippen LogP contribution < -0.4 is 11.1 Å².